The van der Waals surface area contributed by atoms with Gasteiger partial charge in [0.25, 0.3) is 0 Å². The minimum absolute atomic E-state index is 1.11. The van der Waals surface area contributed by atoms with E-state index in [9.17, 15) is 0 Å². The molecule has 0 aliphatic rings. The van der Waals surface area contributed by atoms with Gasteiger partial charge in [-0.05, 0) is 39.9 Å². The third-order valence-electron chi connectivity index (χ3n) is 7.32. The lowest BCUT2D eigenvalue weighted by atomic mass is 9.95. The summed E-state index contributed by atoms with van der Waals surface area (Å²) in [4.78, 5) is 0. The molecule has 3 rings (SSSR count). The van der Waals surface area contributed by atoms with Gasteiger partial charge in [0, 0.05) is 0 Å². The van der Waals surface area contributed by atoms with Gasteiger partial charge in [0.1, 0.15) is 0 Å². The minimum atomic E-state index is 1.11. The minimum Gasteiger partial charge on any atom is -0.0616 e. The van der Waals surface area contributed by atoms with E-state index in [0.29, 0.717) is 0 Å². The number of hydrogen-bond donors (Lipinski definition) is 0. The van der Waals surface area contributed by atoms with E-state index >= 15 is 0 Å². The van der Waals surface area contributed by atoms with E-state index in [-0.39, 0.29) is 0 Å². The highest BCUT2D eigenvalue weighted by Gasteiger charge is 2.04. The van der Waals surface area contributed by atoms with Crippen LogP contribution in [0.15, 0.2) is 54.6 Å². The second-order valence-electron chi connectivity index (χ2n) is 10.1. The highest BCUT2D eigenvalue weighted by molar-refractivity contribution is 6.08. The van der Waals surface area contributed by atoms with Crippen molar-refractivity contribution in [2.24, 2.45) is 0 Å². The number of hydrogen-bond acceptors (Lipinski definition) is 0. The van der Waals surface area contributed by atoms with Crippen LogP contribution in [-0.4, -0.2) is 0 Å². The quantitative estimate of drug-likeness (QED) is 0.135. The molecule has 33 heavy (non-hydrogen) atoms. The molecule has 3 aromatic carbocycles. The van der Waals surface area contributed by atoms with Gasteiger partial charge in [0.15, 0.2) is 0 Å². The van der Waals surface area contributed by atoms with Crippen molar-refractivity contribution < 1.29 is 0 Å². The van der Waals surface area contributed by atoms with Crippen LogP contribution in [0.3, 0.4) is 0 Å². The molecule has 0 N–H and O–H groups in total. The molecule has 179 valence electrons. The van der Waals surface area contributed by atoms with Crippen molar-refractivity contribution in [3.63, 3.8) is 0 Å². The summed E-state index contributed by atoms with van der Waals surface area (Å²) < 4.78 is 0. The number of benzene rings is 3. The van der Waals surface area contributed by atoms with E-state index in [4.69, 9.17) is 0 Å². The molecule has 0 heteroatoms. The fourth-order valence-electron chi connectivity index (χ4n) is 5.29. The molecule has 0 spiro atoms. The topological polar surface area (TPSA) is 0 Å². The molecular weight excluding hydrogens is 396 g/mol. The zero-order valence-electron chi connectivity index (χ0n) is 21.1. The molecule has 0 bridgehead atoms. The van der Waals surface area contributed by atoms with Crippen molar-refractivity contribution in [1.29, 1.82) is 0 Å². The molecule has 0 aliphatic carbocycles. The van der Waals surface area contributed by atoms with Crippen LogP contribution in [-0.2, 0) is 6.42 Å². The van der Waals surface area contributed by atoms with Crippen LogP contribution in [0, 0.1) is 6.92 Å². The SMILES string of the molecule is [CH2]CCCCCCCCCCCCCCCCCCc1cccc2c1ccc1ccccc12. The molecule has 1 radical (unpaired) electrons. The first kappa shape index (κ1) is 25.8. The molecule has 3 aromatic rings. The monoisotopic (exact) mass is 443 g/mol. The van der Waals surface area contributed by atoms with Gasteiger partial charge in [-0.1, -0.05) is 164 Å². The number of rotatable bonds is 18. The lowest BCUT2D eigenvalue weighted by Gasteiger charge is -2.09. The van der Waals surface area contributed by atoms with E-state index in [1.165, 1.54) is 136 Å². The van der Waals surface area contributed by atoms with E-state index in [1.54, 1.807) is 0 Å². The molecule has 0 atom stereocenters. The van der Waals surface area contributed by atoms with E-state index < -0.39 is 0 Å². The summed E-state index contributed by atoms with van der Waals surface area (Å²) >= 11 is 0. The second kappa shape index (κ2) is 15.9. The maximum atomic E-state index is 3.92. The summed E-state index contributed by atoms with van der Waals surface area (Å²) in [5.41, 5.74) is 1.52. The highest BCUT2D eigenvalue weighted by atomic mass is 14.1. The van der Waals surface area contributed by atoms with Crippen molar-refractivity contribution in [2.45, 2.75) is 116 Å². The summed E-state index contributed by atoms with van der Waals surface area (Å²) in [5, 5.41) is 5.59. The first-order valence-electron chi connectivity index (χ1n) is 14.1. The standard InChI is InChI=1S/C33H47/c1-2-3-4-5-6-7-8-9-10-11-12-13-14-15-16-17-18-22-29-24-21-26-33-31-25-20-19-23-30(31)27-28-32(29)33/h19-21,23-28H,1-18,22H2. The predicted octanol–water partition coefficient (Wildman–Crippen LogP) is 11.0. The molecule has 0 nitrogen and oxygen atoms in total. The summed E-state index contributed by atoms with van der Waals surface area (Å²) in [6, 6.07) is 20.3. The van der Waals surface area contributed by atoms with Gasteiger partial charge >= 0.3 is 0 Å². The normalized spacial score (nSPS) is 11.5. The van der Waals surface area contributed by atoms with Gasteiger partial charge in [-0.15, -0.1) is 0 Å². The zero-order chi connectivity index (χ0) is 23.0. The summed E-state index contributed by atoms with van der Waals surface area (Å²) in [6.45, 7) is 3.92. The van der Waals surface area contributed by atoms with Crippen molar-refractivity contribution in [2.75, 3.05) is 0 Å². The summed E-state index contributed by atoms with van der Waals surface area (Å²) in [7, 11) is 0. The highest BCUT2D eigenvalue weighted by Crippen LogP contribution is 2.28. The van der Waals surface area contributed by atoms with Crippen LogP contribution in [0.25, 0.3) is 21.5 Å². The number of unbranched alkanes of at least 4 members (excludes halogenated alkanes) is 16. The molecule has 0 saturated carbocycles. The molecule has 0 heterocycles. The first-order valence-corrected chi connectivity index (χ1v) is 14.1. The van der Waals surface area contributed by atoms with E-state index in [0.717, 1.165) is 6.42 Å². The van der Waals surface area contributed by atoms with Crippen LogP contribution >= 0.6 is 0 Å². The van der Waals surface area contributed by atoms with E-state index in [1.807, 2.05) is 0 Å². The smallest absolute Gasteiger partial charge is 0.0103 e. The Bertz CT molecular complexity index is 906. The van der Waals surface area contributed by atoms with Gasteiger partial charge in [-0.2, -0.15) is 0 Å². The lowest BCUT2D eigenvalue weighted by Crippen LogP contribution is -1.89. The van der Waals surface area contributed by atoms with Crippen LogP contribution in [0.1, 0.15) is 115 Å². The van der Waals surface area contributed by atoms with Crippen LogP contribution in [0.4, 0.5) is 0 Å². The molecule has 0 aliphatic heterocycles. The largest absolute Gasteiger partial charge is 0.0616 e. The fraction of sp³-hybridized carbons (Fsp3) is 0.545. The van der Waals surface area contributed by atoms with Crippen molar-refractivity contribution in [1.82, 2.24) is 0 Å². The van der Waals surface area contributed by atoms with Gasteiger partial charge < -0.3 is 0 Å². The van der Waals surface area contributed by atoms with E-state index in [2.05, 4.69) is 61.5 Å². The maximum absolute atomic E-state index is 3.92. The third-order valence-corrected chi connectivity index (χ3v) is 7.32. The Labute approximate surface area is 204 Å². The Morgan fingerprint density at radius 2 is 0.909 bits per heavy atom. The van der Waals surface area contributed by atoms with Crippen molar-refractivity contribution in [3.05, 3.63) is 67.1 Å². The average Bonchev–Trinajstić information content (AvgIpc) is 2.86. The number of fused-ring (bicyclic) bond motifs is 3. The average molecular weight is 444 g/mol. The summed E-state index contributed by atoms with van der Waals surface area (Å²) in [5.74, 6) is 0. The second-order valence-corrected chi connectivity index (χ2v) is 10.1. The summed E-state index contributed by atoms with van der Waals surface area (Å²) in [6.07, 6.45) is 25.0. The Kier molecular flexibility index (Phi) is 12.4. The molecule has 0 aromatic heterocycles. The van der Waals surface area contributed by atoms with Crippen LogP contribution in [0.2, 0.25) is 0 Å². The molecule has 0 saturated heterocycles. The molecule has 0 unspecified atom stereocenters. The first-order chi connectivity index (χ1) is 16.4. The molecule has 0 fully saturated rings. The molecular formula is C33H47. The van der Waals surface area contributed by atoms with Gasteiger partial charge in [0.05, 0.1) is 0 Å². The zero-order valence-corrected chi connectivity index (χ0v) is 21.1. The van der Waals surface area contributed by atoms with Crippen LogP contribution < -0.4 is 0 Å². The number of aryl methyl sites for hydroxylation is 1. The van der Waals surface area contributed by atoms with Gasteiger partial charge in [0.2, 0.25) is 0 Å². The Balaban J connectivity index is 1.19. The lowest BCUT2D eigenvalue weighted by molar-refractivity contribution is 0.528. The Morgan fingerprint density at radius 1 is 0.394 bits per heavy atom. The Morgan fingerprint density at radius 3 is 1.52 bits per heavy atom. The van der Waals surface area contributed by atoms with Gasteiger partial charge in [-0.3, -0.25) is 0 Å². The maximum Gasteiger partial charge on any atom is -0.0103 e. The Hall–Kier alpha value is -1.82. The van der Waals surface area contributed by atoms with Crippen LogP contribution in [0.5, 0.6) is 0 Å². The van der Waals surface area contributed by atoms with Gasteiger partial charge in [-0.25, -0.2) is 0 Å². The predicted molar refractivity (Wildman–Crippen MR) is 149 cm³/mol. The van der Waals surface area contributed by atoms with Crippen molar-refractivity contribution in [3.8, 4) is 0 Å². The van der Waals surface area contributed by atoms with Crippen molar-refractivity contribution >= 4 is 21.5 Å². The fourth-order valence-corrected chi connectivity index (χ4v) is 5.29. The molecule has 0 amide bonds. The third kappa shape index (κ3) is 9.15.